The van der Waals surface area contributed by atoms with Gasteiger partial charge in [-0.25, -0.2) is 0 Å². The van der Waals surface area contributed by atoms with E-state index in [1.54, 1.807) is 0 Å². The van der Waals surface area contributed by atoms with Gasteiger partial charge >= 0.3 is 0 Å². The Labute approximate surface area is 266 Å². The first-order chi connectivity index (χ1) is 20.5. The Balaban J connectivity index is 1.21. The summed E-state index contributed by atoms with van der Waals surface area (Å²) in [6.45, 7) is 18.9. The monoisotopic (exact) mass is 612 g/mol. The van der Waals surface area contributed by atoms with Crippen molar-refractivity contribution >= 4 is 17.6 Å². The van der Waals surface area contributed by atoms with E-state index in [4.69, 9.17) is 4.98 Å². The van der Waals surface area contributed by atoms with Crippen LogP contribution in [-0.4, -0.2) is 90.4 Å². The molecule has 8 atom stereocenters. The quantitative estimate of drug-likeness (QED) is 0.354. The van der Waals surface area contributed by atoms with Gasteiger partial charge in [0, 0.05) is 56.8 Å². The number of fused-ring (bicyclic) bond motifs is 6. The van der Waals surface area contributed by atoms with E-state index in [9.17, 15) is 0 Å². The second-order valence-electron chi connectivity index (χ2n) is 16.0. The number of likely N-dealkylation sites (N-methyl/N-ethyl adjacent to an activating group) is 1. The molecule has 0 aliphatic carbocycles. The molecule has 0 amide bonds. The summed E-state index contributed by atoms with van der Waals surface area (Å²) < 4.78 is 3.87. The number of piperazine rings is 1. The minimum Gasteiger partial charge on any atom is -0.368 e. The molecular formula is C34H60N8S. The minimum atomic E-state index is 0.202. The second kappa shape index (κ2) is 13.4. The van der Waals surface area contributed by atoms with Crippen molar-refractivity contribution in [1.29, 1.82) is 0 Å². The highest BCUT2D eigenvalue weighted by Gasteiger charge is 2.47. The molecule has 0 aromatic carbocycles. The van der Waals surface area contributed by atoms with Gasteiger partial charge in [0.15, 0.2) is 0 Å². The van der Waals surface area contributed by atoms with Gasteiger partial charge in [-0.15, -0.1) is 0 Å². The summed E-state index contributed by atoms with van der Waals surface area (Å²) >= 11 is 1.93. The van der Waals surface area contributed by atoms with Crippen molar-refractivity contribution in [2.24, 2.45) is 17.3 Å². The smallest absolute Gasteiger partial charge is 0.0690 e. The lowest BCUT2D eigenvalue weighted by Crippen LogP contribution is -2.63. The SMILES string of the molecule is CN1CCN(c2ccc(C3CC[C@@H]4CN(C5NC(C(C)(C)C)CCC5CNSC5CCCC(N5)N3)C(C)(C)C4)nc2)CC1. The van der Waals surface area contributed by atoms with Crippen molar-refractivity contribution in [2.75, 3.05) is 51.2 Å². The third-order valence-corrected chi connectivity index (χ3v) is 12.2. The summed E-state index contributed by atoms with van der Waals surface area (Å²) in [6.07, 6.45) is 12.8. The van der Waals surface area contributed by atoms with E-state index >= 15 is 0 Å². The molecule has 5 aliphatic heterocycles. The van der Waals surface area contributed by atoms with Crippen LogP contribution in [0.4, 0.5) is 5.69 Å². The third-order valence-electron chi connectivity index (χ3n) is 11.2. The van der Waals surface area contributed by atoms with Gasteiger partial charge in [0.25, 0.3) is 0 Å². The van der Waals surface area contributed by atoms with Crippen LogP contribution >= 0.6 is 11.9 Å². The Hall–Kier alpha value is -0.940. The van der Waals surface area contributed by atoms with Gasteiger partial charge in [-0.2, -0.15) is 0 Å². The summed E-state index contributed by atoms with van der Waals surface area (Å²) in [5.74, 6) is 1.34. The summed E-state index contributed by atoms with van der Waals surface area (Å²) in [5, 5.41) is 12.7. The van der Waals surface area contributed by atoms with Crippen LogP contribution in [0.15, 0.2) is 18.3 Å². The minimum absolute atomic E-state index is 0.202. The molecule has 8 nitrogen and oxygen atoms in total. The van der Waals surface area contributed by atoms with Gasteiger partial charge in [0.05, 0.1) is 41.3 Å². The lowest BCUT2D eigenvalue weighted by Gasteiger charge is -2.50. The predicted molar refractivity (Wildman–Crippen MR) is 181 cm³/mol. The Morgan fingerprint density at radius 3 is 2.49 bits per heavy atom. The zero-order chi connectivity index (χ0) is 30.2. The van der Waals surface area contributed by atoms with Crippen LogP contribution in [0.25, 0.3) is 0 Å². The summed E-state index contributed by atoms with van der Waals surface area (Å²) in [6, 6.07) is 5.46. The molecule has 43 heavy (non-hydrogen) atoms. The number of hydrogen-bond acceptors (Lipinski definition) is 9. The van der Waals surface area contributed by atoms with Gasteiger partial charge < -0.3 is 9.80 Å². The van der Waals surface area contributed by atoms with E-state index in [1.165, 1.54) is 62.9 Å². The van der Waals surface area contributed by atoms with Crippen molar-refractivity contribution in [1.82, 2.24) is 35.5 Å². The molecular weight excluding hydrogens is 552 g/mol. The van der Waals surface area contributed by atoms with Gasteiger partial charge in [-0.1, -0.05) is 32.7 Å². The summed E-state index contributed by atoms with van der Waals surface area (Å²) in [7, 11) is 2.22. The molecule has 0 radical (unpaired) electrons. The molecule has 1 aromatic heterocycles. The Kier molecular flexibility index (Phi) is 10.00. The topological polar surface area (TPSA) is 70.7 Å². The van der Waals surface area contributed by atoms with Gasteiger partial charge in [-0.05, 0) is 95.7 Å². The zero-order valence-electron chi connectivity index (χ0n) is 27.9. The standard InChI is InChI=1S/C34H60N8S/c1-33(2,3)29-15-11-25-21-36-43-31-9-7-8-30(39-31)37-28(13-10-24-20-34(4,5)42(23-24)32(25)38-29)27-14-12-26(22-35-27)41-18-16-40(6)17-19-41/h12,14,22,24-25,28-32,36-39H,7-11,13,15-21,23H2,1-6H3/t24-,25?,28?,29?,30?,31?,32?/m0/s1. The number of nitrogens with zero attached hydrogens (tertiary/aromatic N) is 4. The van der Waals surface area contributed by atoms with Crippen LogP contribution in [0.3, 0.4) is 0 Å². The molecule has 7 unspecified atom stereocenters. The molecule has 6 heterocycles. The fourth-order valence-corrected chi connectivity index (χ4v) is 9.53. The molecule has 5 saturated heterocycles. The fraction of sp³-hybridized carbons (Fsp3) is 0.853. The Morgan fingerprint density at radius 1 is 0.930 bits per heavy atom. The maximum atomic E-state index is 5.11. The van der Waals surface area contributed by atoms with Gasteiger partial charge in [-0.3, -0.25) is 30.6 Å². The number of hydrogen-bond donors (Lipinski definition) is 4. The fourth-order valence-electron chi connectivity index (χ4n) is 8.50. The molecule has 0 saturated carbocycles. The average Bonchev–Trinajstić information content (AvgIpc) is 3.28. The molecule has 4 bridgehead atoms. The predicted octanol–water partition coefficient (Wildman–Crippen LogP) is 4.76. The maximum Gasteiger partial charge on any atom is 0.0690 e. The van der Waals surface area contributed by atoms with Crippen molar-refractivity contribution < 1.29 is 0 Å². The van der Waals surface area contributed by atoms with Crippen molar-refractivity contribution in [2.45, 2.75) is 121 Å². The van der Waals surface area contributed by atoms with Crippen molar-refractivity contribution in [3.8, 4) is 0 Å². The number of nitrogens with one attached hydrogen (secondary N) is 4. The lowest BCUT2D eigenvalue weighted by molar-refractivity contribution is 0.00552. The van der Waals surface area contributed by atoms with Crippen LogP contribution in [0.2, 0.25) is 0 Å². The van der Waals surface area contributed by atoms with Crippen LogP contribution in [0.5, 0.6) is 0 Å². The molecule has 5 aliphatic rings. The molecule has 6 rings (SSSR count). The van der Waals surface area contributed by atoms with E-state index in [-0.39, 0.29) is 17.0 Å². The van der Waals surface area contributed by atoms with E-state index in [0.717, 1.165) is 39.1 Å². The van der Waals surface area contributed by atoms with Crippen molar-refractivity contribution in [3.63, 3.8) is 0 Å². The first-order valence-electron chi connectivity index (χ1n) is 17.4. The van der Waals surface area contributed by atoms with Crippen molar-refractivity contribution in [3.05, 3.63) is 24.0 Å². The van der Waals surface area contributed by atoms with Gasteiger partial charge in [0.1, 0.15) is 0 Å². The number of pyridine rings is 1. The molecule has 9 heteroatoms. The average molecular weight is 613 g/mol. The molecule has 4 N–H and O–H groups in total. The highest BCUT2D eigenvalue weighted by Crippen LogP contribution is 2.42. The van der Waals surface area contributed by atoms with Crippen LogP contribution < -0.4 is 25.6 Å². The molecule has 242 valence electrons. The number of aromatic nitrogens is 1. The normalized spacial score (nSPS) is 38.1. The van der Waals surface area contributed by atoms with E-state index in [0.29, 0.717) is 35.6 Å². The Bertz CT molecular complexity index is 1040. The largest absolute Gasteiger partial charge is 0.368 e. The maximum absolute atomic E-state index is 5.11. The summed E-state index contributed by atoms with van der Waals surface area (Å²) in [4.78, 5) is 12.9. The highest BCUT2D eigenvalue weighted by atomic mass is 32.2. The number of piperidine rings is 2. The third kappa shape index (κ3) is 7.72. The molecule has 5 fully saturated rings. The summed E-state index contributed by atoms with van der Waals surface area (Å²) in [5.41, 5.74) is 2.95. The van der Waals surface area contributed by atoms with E-state index < -0.39 is 0 Å². The van der Waals surface area contributed by atoms with Crippen LogP contribution in [-0.2, 0) is 0 Å². The molecule has 0 spiro atoms. The first-order valence-corrected chi connectivity index (χ1v) is 18.3. The van der Waals surface area contributed by atoms with Crippen LogP contribution in [0, 0.1) is 17.3 Å². The van der Waals surface area contributed by atoms with E-state index in [1.807, 2.05) is 11.9 Å². The Morgan fingerprint density at radius 2 is 1.74 bits per heavy atom. The van der Waals surface area contributed by atoms with Crippen LogP contribution in [0.1, 0.15) is 97.7 Å². The first kappa shape index (κ1) is 32.0. The number of anilines is 1. The van der Waals surface area contributed by atoms with Gasteiger partial charge in [0.2, 0.25) is 0 Å². The zero-order valence-corrected chi connectivity index (χ0v) is 28.7. The second-order valence-corrected chi connectivity index (χ2v) is 17.1. The lowest BCUT2D eigenvalue weighted by atomic mass is 9.78. The van der Waals surface area contributed by atoms with E-state index in [2.05, 4.69) is 95.4 Å². The number of rotatable bonds is 2. The molecule has 1 aromatic rings. The highest BCUT2D eigenvalue weighted by molar-refractivity contribution is 7.98.